The first-order valence-corrected chi connectivity index (χ1v) is 7.46. The first-order chi connectivity index (χ1) is 10.0. The summed E-state index contributed by atoms with van der Waals surface area (Å²) < 4.78 is 14.1. The maximum Gasteiger partial charge on any atom is 0.146 e. The van der Waals surface area contributed by atoms with Crippen molar-refractivity contribution in [2.45, 2.75) is 26.3 Å². The first-order valence-electron chi connectivity index (χ1n) is 7.09. The van der Waals surface area contributed by atoms with E-state index < -0.39 is 0 Å². The standard InChI is InChI=1S/C17H20ClFN2/c1-3-21(17-7-5-4-6-15(17)19)16-9-8-14(18)11-13(16)10-12(2)20/h4-9,11-12H,3,10,20H2,1-2H3. The van der Waals surface area contributed by atoms with Crippen molar-refractivity contribution >= 4 is 23.0 Å². The van der Waals surface area contributed by atoms with E-state index in [9.17, 15) is 4.39 Å². The van der Waals surface area contributed by atoms with Crippen LogP contribution in [0.15, 0.2) is 42.5 Å². The molecule has 1 atom stereocenters. The molecular formula is C17H20ClFN2. The van der Waals surface area contributed by atoms with Gasteiger partial charge in [0, 0.05) is 23.3 Å². The molecule has 0 fully saturated rings. The molecule has 0 saturated carbocycles. The molecule has 2 aromatic rings. The second-order valence-electron chi connectivity index (χ2n) is 5.15. The molecule has 0 heterocycles. The number of halogens is 2. The molecule has 2 aromatic carbocycles. The molecule has 0 aromatic heterocycles. The predicted octanol–water partition coefficient (Wildman–Crippen LogP) is 4.53. The maximum absolute atomic E-state index is 14.1. The molecular weight excluding hydrogens is 287 g/mol. The largest absolute Gasteiger partial charge is 0.339 e. The maximum atomic E-state index is 14.1. The van der Waals surface area contributed by atoms with Crippen LogP contribution in [0.3, 0.4) is 0 Å². The van der Waals surface area contributed by atoms with Crippen LogP contribution >= 0.6 is 11.6 Å². The first kappa shape index (κ1) is 15.8. The van der Waals surface area contributed by atoms with Crippen LogP contribution in [-0.2, 0) is 6.42 Å². The van der Waals surface area contributed by atoms with Crippen molar-refractivity contribution in [3.63, 3.8) is 0 Å². The highest BCUT2D eigenvalue weighted by Gasteiger charge is 2.16. The van der Waals surface area contributed by atoms with Gasteiger partial charge < -0.3 is 10.6 Å². The van der Waals surface area contributed by atoms with Gasteiger partial charge in [0.2, 0.25) is 0 Å². The van der Waals surface area contributed by atoms with E-state index in [0.717, 1.165) is 11.3 Å². The van der Waals surface area contributed by atoms with Gasteiger partial charge in [0.15, 0.2) is 0 Å². The topological polar surface area (TPSA) is 29.3 Å². The average molecular weight is 307 g/mol. The van der Waals surface area contributed by atoms with Crippen molar-refractivity contribution in [1.82, 2.24) is 0 Å². The average Bonchev–Trinajstić information content (AvgIpc) is 2.43. The molecule has 0 amide bonds. The number of anilines is 2. The summed E-state index contributed by atoms with van der Waals surface area (Å²) in [4.78, 5) is 1.95. The van der Waals surface area contributed by atoms with Gasteiger partial charge in [-0.15, -0.1) is 0 Å². The van der Waals surface area contributed by atoms with Crippen molar-refractivity contribution in [2.24, 2.45) is 5.73 Å². The van der Waals surface area contributed by atoms with Gasteiger partial charge in [-0.2, -0.15) is 0 Å². The molecule has 0 aliphatic heterocycles. The molecule has 0 spiro atoms. The van der Waals surface area contributed by atoms with Crippen LogP contribution in [0.25, 0.3) is 0 Å². The van der Waals surface area contributed by atoms with Gasteiger partial charge in [0.1, 0.15) is 5.82 Å². The monoisotopic (exact) mass is 306 g/mol. The Bertz CT molecular complexity index is 613. The van der Waals surface area contributed by atoms with Crippen LogP contribution in [0.1, 0.15) is 19.4 Å². The fraction of sp³-hybridized carbons (Fsp3) is 0.294. The second-order valence-corrected chi connectivity index (χ2v) is 5.59. The lowest BCUT2D eigenvalue weighted by molar-refractivity contribution is 0.625. The molecule has 0 aliphatic rings. The molecule has 0 saturated heterocycles. The van der Waals surface area contributed by atoms with E-state index in [4.69, 9.17) is 17.3 Å². The van der Waals surface area contributed by atoms with Crippen molar-refractivity contribution in [3.05, 3.63) is 58.9 Å². The zero-order valence-corrected chi connectivity index (χ0v) is 13.1. The third kappa shape index (κ3) is 3.74. The van der Waals surface area contributed by atoms with Crippen LogP contribution in [0.2, 0.25) is 5.02 Å². The summed E-state index contributed by atoms with van der Waals surface area (Å²) in [6, 6.07) is 12.5. The number of hydrogen-bond acceptors (Lipinski definition) is 2. The smallest absolute Gasteiger partial charge is 0.146 e. The van der Waals surface area contributed by atoms with Crippen LogP contribution < -0.4 is 10.6 Å². The van der Waals surface area contributed by atoms with Crippen molar-refractivity contribution in [3.8, 4) is 0 Å². The van der Waals surface area contributed by atoms with E-state index in [2.05, 4.69) is 0 Å². The van der Waals surface area contributed by atoms with E-state index in [1.165, 1.54) is 6.07 Å². The number of para-hydroxylation sites is 1. The highest BCUT2D eigenvalue weighted by molar-refractivity contribution is 6.30. The quantitative estimate of drug-likeness (QED) is 0.879. The second kappa shape index (κ2) is 6.92. The SMILES string of the molecule is CCN(c1ccccc1F)c1ccc(Cl)cc1CC(C)N. The van der Waals surface area contributed by atoms with Gasteiger partial charge in [0.25, 0.3) is 0 Å². The Labute approximate surface area is 130 Å². The van der Waals surface area contributed by atoms with Crippen molar-refractivity contribution < 1.29 is 4.39 Å². The third-order valence-corrected chi connectivity index (χ3v) is 3.57. The number of rotatable bonds is 5. The van der Waals surface area contributed by atoms with Crippen LogP contribution in [0.5, 0.6) is 0 Å². The van der Waals surface area contributed by atoms with Gasteiger partial charge in [-0.3, -0.25) is 0 Å². The van der Waals surface area contributed by atoms with Crippen LogP contribution in [-0.4, -0.2) is 12.6 Å². The molecule has 4 heteroatoms. The van der Waals surface area contributed by atoms with E-state index in [0.29, 0.717) is 23.7 Å². The molecule has 112 valence electrons. The fourth-order valence-corrected chi connectivity index (χ4v) is 2.66. The summed E-state index contributed by atoms with van der Waals surface area (Å²) in [5.41, 5.74) is 8.46. The zero-order valence-electron chi connectivity index (χ0n) is 12.3. The van der Waals surface area contributed by atoms with E-state index in [1.807, 2.05) is 43.0 Å². The number of hydrogen-bond donors (Lipinski definition) is 1. The number of nitrogens with two attached hydrogens (primary N) is 1. The molecule has 21 heavy (non-hydrogen) atoms. The Morgan fingerprint density at radius 3 is 2.52 bits per heavy atom. The van der Waals surface area contributed by atoms with Gasteiger partial charge in [-0.25, -0.2) is 4.39 Å². The molecule has 0 radical (unpaired) electrons. The van der Waals surface area contributed by atoms with Crippen LogP contribution in [0.4, 0.5) is 15.8 Å². The molecule has 2 N–H and O–H groups in total. The molecule has 1 unspecified atom stereocenters. The fourth-order valence-electron chi connectivity index (χ4n) is 2.47. The molecule has 0 aliphatic carbocycles. The lowest BCUT2D eigenvalue weighted by Gasteiger charge is -2.27. The van der Waals surface area contributed by atoms with E-state index in [1.54, 1.807) is 12.1 Å². The zero-order chi connectivity index (χ0) is 15.4. The third-order valence-electron chi connectivity index (χ3n) is 3.33. The number of benzene rings is 2. The summed E-state index contributed by atoms with van der Waals surface area (Å²) in [5, 5.41) is 0.666. The summed E-state index contributed by atoms with van der Waals surface area (Å²) >= 11 is 6.09. The Balaban J connectivity index is 2.50. The van der Waals surface area contributed by atoms with Crippen molar-refractivity contribution in [2.75, 3.05) is 11.4 Å². The lowest BCUT2D eigenvalue weighted by Crippen LogP contribution is -2.23. The minimum atomic E-state index is -0.235. The van der Waals surface area contributed by atoms with Gasteiger partial charge >= 0.3 is 0 Å². The van der Waals surface area contributed by atoms with E-state index in [-0.39, 0.29) is 11.9 Å². The predicted molar refractivity (Wildman–Crippen MR) is 87.9 cm³/mol. The molecule has 2 nitrogen and oxygen atoms in total. The van der Waals surface area contributed by atoms with Gasteiger partial charge in [-0.05, 0) is 56.2 Å². The molecule has 0 bridgehead atoms. The summed E-state index contributed by atoms with van der Waals surface area (Å²) in [6.07, 6.45) is 0.695. The van der Waals surface area contributed by atoms with Crippen molar-refractivity contribution in [1.29, 1.82) is 0 Å². The highest BCUT2D eigenvalue weighted by atomic mass is 35.5. The molecule has 2 rings (SSSR count). The summed E-state index contributed by atoms with van der Waals surface area (Å²) in [6.45, 7) is 4.61. The van der Waals surface area contributed by atoms with Gasteiger partial charge in [-0.1, -0.05) is 23.7 Å². The Morgan fingerprint density at radius 1 is 1.19 bits per heavy atom. The van der Waals surface area contributed by atoms with E-state index >= 15 is 0 Å². The lowest BCUT2D eigenvalue weighted by atomic mass is 10.0. The summed E-state index contributed by atoms with van der Waals surface area (Å²) in [7, 11) is 0. The van der Waals surface area contributed by atoms with Crippen LogP contribution in [0, 0.1) is 5.82 Å². The Hall–Kier alpha value is -1.58. The highest BCUT2D eigenvalue weighted by Crippen LogP contribution is 2.32. The summed E-state index contributed by atoms with van der Waals surface area (Å²) in [5.74, 6) is -0.235. The van der Waals surface area contributed by atoms with Gasteiger partial charge in [0.05, 0.1) is 5.69 Å². The minimum absolute atomic E-state index is 0.0153. The Morgan fingerprint density at radius 2 is 1.90 bits per heavy atom. The number of nitrogens with zero attached hydrogens (tertiary/aromatic N) is 1. The Kier molecular flexibility index (Phi) is 5.21. The normalized spacial score (nSPS) is 12.2. The minimum Gasteiger partial charge on any atom is -0.339 e.